The van der Waals surface area contributed by atoms with Gasteiger partial charge in [0.2, 0.25) is 0 Å². The minimum Gasteiger partial charge on any atom is -0.295 e. The average Bonchev–Trinajstić information content (AvgIpc) is 3.42. The molecule has 7 rings (SSSR count). The summed E-state index contributed by atoms with van der Waals surface area (Å²) in [6, 6.07) is 31.3. The Morgan fingerprint density at radius 1 is 0.600 bits per heavy atom. The smallest absolute Gasteiger partial charge is 0.159 e. The van der Waals surface area contributed by atoms with Crippen molar-refractivity contribution >= 4 is 48.9 Å². The van der Waals surface area contributed by atoms with Gasteiger partial charge in [0.1, 0.15) is 5.65 Å². The maximum atomic E-state index is 4.85. The summed E-state index contributed by atoms with van der Waals surface area (Å²) in [5, 5.41) is 2.31. The van der Waals surface area contributed by atoms with Gasteiger partial charge in [0.15, 0.2) is 5.82 Å². The van der Waals surface area contributed by atoms with Crippen molar-refractivity contribution in [2.75, 3.05) is 0 Å². The number of aromatic nitrogens is 5. The first-order valence-corrected chi connectivity index (χ1v) is 12.1. The van der Waals surface area contributed by atoms with Crippen LogP contribution in [-0.4, -0.2) is 24.1 Å². The monoisotopic (exact) mass is 515 g/mol. The second-order valence-corrected chi connectivity index (χ2v) is 9.28. The molecule has 0 spiro atoms. The van der Waals surface area contributed by atoms with E-state index in [1.807, 2.05) is 30.5 Å². The zero-order valence-electron chi connectivity index (χ0n) is 18.5. The minimum atomic E-state index is 0.685. The van der Waals surface area contributed by atoms with Crippen molar-refractivity contribution in [1.29, 1.82) is 0 Å². The molecule has 0 amide bonds. The third kappa shape index (κ3) is 3.11. The molecule has 0 aliphatic rings. The first kappa shape index (κ1) is 20.1. The molecule has 0 saturated heterocycles. The lowest BCUT2D eigenvalue weighted by molar-refractivity contribution is 1.06. The van der Waals surface area contributed by atoms with Crippen LogP contribution in [0.4, 0.5) is 0 Å². The number of rotatable bonds is 3. The molecule has 0 atom stereocenters. The van der Waals surface area contributed by atoms with Gasteiger partial charge in [-0.3, -0.25) is 14.1 Å². The van der Waals surface area contributed by atoms with E-state index in [0.29, 0.717) is 5.82 Å². The Bertz CT molecular complexity index is 1850. The van der Waals surface area contributed by atoms with Gasteiger partial charge in [-0.1, -0.05) is 52.3 Å². The highest BCUT2D eigenvalue weighted by molar-refractivity contribution is 9.10. The van der Waals surface area contributed by atoms with Crippen LogP contribution in [0, 0.1) is 0 Å². The predicted octanol–water partition coefficient (Wildman–Crippen LogP) is 7.34. The molecule has 166 valence electrons. The van der Waals surface area contributed by atoms with E-state index < -0.39 is 0 Å². The van der Waals surface area contributed by atoms with E-state index in [1.165, 1.54) is 5.39 Å². The lowest BCUT2D eigenvalue weighted by atomic mass is 10.2. The van der Waals surface area contributed by atoms with E-state index in [2.05, 4.69) is 102 Å². The molecular weight excluding hydrogens is 498 g/mol. The summed E-state index contributed by atoms with van der Waals surface area (Å²) in [7, 11) is 0. The molecule has 4 aromatic heterocycles. The van der Waals surface area contributed by atoms with Crippen molar-refractivity contribution < 1.29 is 0 Å². The molecule has 0 fully saturated rings. The fourth-order valence-electron chi connectivity index (χ4n) is 4.94. The number of hydrogen-bond donors (Lipinski definition) is 0. The van der Waals surface area contributed by atoms with Gasteiger partial charge >= 0.3 is 0 Å². The highest BCUT2D eigenvalue weighted by atomic mass is 79.9. The average molecular weight is 516 g/mol. The Labute approximate surface area is 209 Å². The Kier molecular flexibility index (Phi) is 4.53. The second kappa shape index (κ2) is 7.89. The molecule has 4 heterocycles. The fourth-order valence-corrected chi connectivity index (χ4v) is 5.42. The molecule has 5 nitrogen and oxygen atoms in total. The third-order valence-electron chi connectivity index (χ3n) is 6.30. The van der Waals surface area contributed by atoms with Crippen LogP contribution >= 0.6 is 15.9 Å². The zero-order chi connectivity index (χ0) is 23.4. The van der Waals surface area contributed by atoms with Gasteiger partial charge in [-0.15, -0.1) is 0 Å². The van der Waals surface area contributed by atoms with Crippen LogP contribution in [0.3, 0.4) is 0 Å². The van der Waals surface area contributed by atoms with Gasteiger partial charge in [0, 0.05) is 45.4 Å². The van der Waals surface area contributed by atoms with Crippen LogP contribution in [-0.2, 0) is 0 Å². The summed E-state index contributed by atoms with van der Waals surface area (Å²) in [6.07, 6.45) is 5.40. The van der Waals surface area contributed by atoms with Crippen LogP contribution in [0.25, 0.3) is 55.7 Å². The second-order valence-electron chi connectivity index (χ2n) is 8.36. The van der Waals surface area contributed by atoms with Gasteiger partial charge < -0.3 is 0 Å². The summed E-state index contributed by atoms with van der Waals surface area (Å²) in [5.74, 6) is 0.685. The summed E-state index contributed by atoms with van der Waals surface area (Å²) < 4.78 is 5.58. The van der Waals surface area contributed by atoms with E-state index in [1.54, 1.807) is 12.4 Å². The molecule has 3 aromatic carbocycles. The number of benzene rings is 3. The van der Waals surface area contributed by atoms with Crippen LogP contribution in [0.2, 0.25) is 0 Å². The zero-order valence-corrected chi connectivity index (χ0v) is 20.1. The molecule has 7 aromatic rings. The number of halogens is 1. The Hall–Kier alpha value is -4.29. The maximum Gasteiger partial charge on any atom is 0.159 e. The number of hydrogen-bond acceptors (Lipinski definition) is 3. The number of para-hydroxylation sites is 2. The van der Waals surface area contributed by atoms with E-state index in [9.17, 15) is 0 Å². The molecule has 0 N–H and O–H groups in total. The highest BCUT2D eigenvalue weighted by Gasteiger charge is 2.23. The Morgan fingerprint density at radius 3 is 2.17 bits per heavy atom. The summed E-state index contributed by atoms with van der Waals surface area (Å²) >= 11 is 3.73. The quantitative estimate of drug-likeness (QED) is 0.247. The molecule has 6 heteroatoms. The standard InChI is InChI=1S/C29H18BrN5/c30-20-16-19(28-32-14-7-15-33-28)17-22(18-20)35-25-12-6-13-31-27(25)26-23-10-4-5-11-24(23)34(29(26)35)21-8-2-1-3-9-21/h1-18H. The van der Waals surface area contributed by atoms with Crippen molar-refractivity contribution in [3.8, 4) is 22.8 Å². The summed E-state index contributed by atoms with van der Waals surface area (Å²) in [4.78, 5) is 13.8. The topological polar surface area (TPSA) is 48.5 Å². The molecule has 0 bridgehead atoms. The normalized spacial score (nSPS) is 11.6. The van der Waals surface area contributed by atoms with E-state index >= 15 is 0 Å². The van der Waals surface area contributed by atoms with Gasteiger partial charge in [-0.05, 0) is 54.6 Å². The van der Waals surface area contributed by atoms with Crippen molar-refractivity contribution in [2.24, 2.45) is 0 Å². The first-order valence-electron chi connectivity index (χ1n) is 11.3. The maximum absolute atomic E-state index is 4.85. The van der Waals surface area contributed by atoms with Crippen molar-refractivity contribution in [1.82, 2.24) is 24.1 Å². The van der Waals surface area contributed by atoms with Gasteiger partial charge in [-0.2, -0.15) is 0 Å². The van der Waals surface area contributed by atoms with E-state index in [0.717, 1.165) is 49.0 Å². The molecule has 0 aliphatic heterocycles. The number of fused-ring (bicyclic) bond motifs is 5. The molecule has 0 saturated carbocycles. The predicted molar refractivity (Wildman–Crippen MR) is 144 cm³/mol. The summed E-state index contributed by atoms with van der Waals surface area (Å²) in [5.41, 5.74) is 7.29. The van der Waals surface area contributed by atoms with Crippen molar-refractivity contribution in [3.63, 3.8) is 0 Å². The van der Waals surface area contributed by atoms with Gasteiger partial charge in [0.25, 0.3) is 0 Å². The molecule has 0 aliphatic carbocycles. The SMILES string of the molecule is Brc1cc(-c2ncccn2)cc(-n2c3cccnc3c3c4ccccc4n(-c4ccccc4)c32)c1. The van der Waals surface area contributed by atoms with Crippen molar-refractivity contribution in [3.05, 3.63) is 114 Å². The first-order chi connectivity index (χ1) is 17.3. The fraction of sp³-hybridized carbons (Fsp3) is 0. The molecular formula is C29H18BrN5. The molecule has 35 heavy (non-hydrogen) atoms. The van der Waals surface area contributed by atoms with Crippen LogP contribution in [0.1, 0.15) is 0 Å². The number of pyridine rings is 1. The van der Waals surface area contributed by atoms with E-state index in [-0.39, 0.29) is 0 Å². The molecule has 0 unspecified atom stereocenters. The van der Waals surface area contributed by atoms with Crippen LogP contribution in [0.5, 0.6) is 0 Å². The van der Waals surface area contributed by atoms with Gasteiger partial charge in [-0.25, -0.2) is 9.97 Å². The largest absolute Gasteiger partial charge is 0.295 e. The summed E-state index contributed by atoms with van der Waals surface area (Å²) in [6.45, 7) is 0. The minimum absolute atomic E-state index is 0.685. The Morgan fingerprint density at radius 2 is 1.31 bits per heavy atom. The molecule has 0 radical (unpaired) electrons. The third-order valence-corrected chi connectivity index (χ3v) is 6.76. The Balaban J connectivity index is 1.67. The van der Waals surface area contributed by atoms with Crippen molar-refractivity contribution in [2.45, 2.75) is 0 Å². The van der Waals surface area contributed by atoms with Gasteiger partial charge in [0.05, 0.1) is 21.9 Å². The van der Waals surface area contributed by atoms with Crippen LogP contribution in [0.15, 0.2) is 114 Å². The lowest BCUT2D eigenvalue weighted by Gasteiger charge is -2.14. The highest BCUT2D eigenvalue weighted by Crippen LogP contribution is 2.40. The lowest BCUT2D eigenvalue weighted by Crippen LogP contribution is -2.02. The van der Waals surface area contributed by atoms with Crippen LogP contribution < -0.4 is 0 Å². The number of nitrogens with zero attached hydrogens (tertiary/aromatic N) is 5. The van der Waals surface area contributed by atoms with E-state index in [4.69, 9.17) is 4.98 Å².